The molecule has 1 amide bonds. The van der Waals surface area contributed by atoms with E-state index in [1.165, 1.54) is 24.3 Å². The summed E-state index contributed by atoms with van der Waals surface area (Å²) in [5.74, 6) is -1.23. The van der Waals surface area contributed by atoms with E-state index >= 15 is 0 Å². The lowest BCUT2D eigenvalue weighted by atomic mass is 10.2. The molecule has 1 N–H and O–H groups in total. The molecular formula is C23H21ClN4O6. The zero-order valence-electron chi connectivity index (χ0n) is 18.4. The van der Waals surface area contributed by atoms with E-state index in [0.29, 0.717) is 28.8 Å². The van der Waals surface area contributed by atoms with Crippen molar-refractivity contribution in [3.63, 3.8) is 0 Å². The fourth-order valence-electron chi connectivity index (χ4n) is 2.99. The summed E-state index contributed by atoms with van der Waals surface area (Å²) in [6.07, 6.45) is 2.57. The van der Waals surface area contributed by atoms with E-state index in [4.69, 9.17) is 21.1 Å². The quantitative estimate of drug-likeness (QED) is 0.207. The molecule has 0 aliphatic rings. The molecule has 0 saturated heterocycles. The number of amides is 1. The number of rotatable bonds is 9. The molecule has 0 fully saturated rings. The van der Waals surface area contributed by atoms with Gasteiger partial charge in [-0.2, -0.15) is 5.10 Å². The van der Waals surface area contributed by atoms with E-state index in [9.17, 15) is 19.7 Å². The fourth-order valence-corrected chi connectivity index (χ4v) is 3.32. The first kappa shape index (κ1) is 24.5. The lowest BCUT2D eigenvalue weighted by Gasteiger charge is -2.08. The third-order valence-corrected chi connectivity index (χ3v) is 4.90. The summed E-state index contributed by atoms with van der Waals surface area (Å²) in [7, 11) is 0. The standard InChI is InChI=1S/C23H21ClN4O6/c1-3-33-17-9-11-19(20(13-17)28(31)32)25-21(29)14-34-22(30)12-10-18-15(2)26-27(23(18)24)16-7-5-4-6-8-16/h4-13H,3,14H2,1-2H3,(H,25,29)/b12-10+. The van der Waals surface area contributed by atoms with Gasteiger partial charge in [0.25, 0.3) is 11.6 Å². The molecule has 0 spiro atoms. The lowest BCUT2D eigenvalue weighted by molar-refractivity contribution is -0.384. The number of carbonyl (C=O) groups is 2. The zero-order valence-corrected chi connectivity index (χ0v) is 19.1. The van der Waals surface area contributed by atoms with E-state index in [1.54, 1.807) is 18.5 Å². The molecule has 0 bridgehead atoms. The minimum atomic E-state index is -0.792. The van der Waals surface area contributed by atoms with E-state index in [0.717, 1.165) is 11.8 Å². The average Bonchev–Trinajstić information content (AvgIpc) is 3.11. The summed E-state index contributed by atoms with van der Waals surface area (Å²) >= 11 is 6.41. The first-order chi connectivity index (χ1) is 16.3. The predicted molar refractivity (Wildman–Crippen MR) is 126 cm³/mol. The molecule has 0 radical (unpaired) electrons. The van der Waals surface area contributed by atoms with Crippen molar-refractivity contribution in [1.82, 2.24) is 9.78 Å². The molecule has 1 aromatic heterocycles. The first-order valence-electron chi connectivity index (χ1n) is 10.2. The molecule has 176 valence electrons. The monoisotopic (exact) mass is 484 g/mol. The number of hydrogen-bond acceptors (Lipinski definition) is 7. The molecule has 0 aliphatic heterocycles. The lowest BCUT2D eigenvalue weighted by Crippen LogP contribution is -2.20. The summed E-state index contributed by atoms with van der Waals surface area (Å²) in [4.78, 5) is 34.9. The Hall–Kier alpha value is -4.18. The maximum absolute atomic E-state index is 12.1. The van der Waals surface area contributed by atoms with Gasteiger partial charge < -0.3 is 14.8 Å². The second-order valence-corrected chi connectivity index (χ2v) is 7.25. The summed E-state index contributed by atoms with van der Waals surface area (Å²) in [6, 6.07) is 13.3. The van der Waals surface area contributed by atoms with Crippen LogP contribution in [0.25, 0.3) is 11.8 Å². The number of aromatic nitrogens is 2. The summed E-state index contributed by atoms with van der Waals surface area (Å²) in [6.45, 7) is 3.19. The number of benzene rings is 2. The molecule has 0 saturated carbocycles. The number of esters is 1. The van der Waals surface area contributed by atoms with Crippen LogP contribution in [-0.4, -0.2) is 39.8 Å². The SMILES string of the molecule is CCOc1ccc(NC(=O)COC(=O)/C=C/c2c(C)nn(-c3ccccc3)c2Cl)c([N+](=O)[O-])c1. The van der Waals surface area contributed by atoms with Crippen molar-refractivity contribution in [2.75, 3.05) is 18.5 Å². The van der Waals surface area contributed by atoms with Crippen LogP contribution in [0.2, 0.25) is 5.15 Å². The highest BCUT2D eigenvalue weighted by molar-refractivity contribution is 6.31. The third kappa shape index (κ3) is 5.99. The number of para-hydroxylation sites is 1. The highest BCUT2D eigenvalue weighted by atomic mass is 35.5. The summed E-state index contributed by atoms with van der Waals surface area (Å²) in [5.41, 5.74) is 1.50. The van der Waals surface area contributed by atoms with E-state index in [-0.39, 0.29) is 11.4 Å². The Balaban J connectivity index is 1.61. The van der Waals surface area contributed by atoms with Crippen LogP contribution in [0.15, 0.2) is 54.6 Å². The molecule has 2 aromatic carbocycles. The predicted octanol–water partition coefficient (Wildman–Crippen LogP) is 4.34. The molecule has 0 aliphatic carbocycles. The highest BCUT2D eigenvalue weighted by Gasteiger charge is 2.18. The van der Waals surface area contributed by atoms with Crippen LogP contribution in [0, 0.1) is 17.0 Å². The van der Waals surface area contributed by atoms with Gasteiger partial charge in [0.05, 0.1) is 29.0 Å². The van der Waals surface area contributed by atoms with Crippen LogP contribution in [0.3, 0.4) is 0 Å². The number of halogens is 1. The van der Waals surface area contributed by atoms with E-state index < -0.39 is 23.4 Å². The Morgan fingerprint density at radius 3 is 2.65 bits per heavy atom. The van der Waals surface area contributed by atoms with Gasteiger partial charge in [0.15, 0.2) is 6.61 Å². The van der Waals surface area contributed by atoms with Gasteiger partial charge in [-0.1, -0.05) is 29.8 Å². The van der Waals surface area contributed by atoms with Gasteiger partial charge in [-0.25, -0.2) is 9.48 Å². The molecule has 0 atom stereocenters. The second kappa shape index (κ2) is 11.1. The number of nitro groups is 1. The molecule has 3 rings (SSSR count). The van der Waals surface area contributed by atoms with Crippen molar-refractivity contribution >= 4 is 40.9 Å². The number of aryl methyl sites for hydroxylation is 1. The van der Waals surface area contributed by atoms with Crippen LogP contribution >= 0.6 is 11.6 Å². The third-order valence-electron chi connectivity index (χ3n) is 4.53. The van der Waals surface area contributed by atoms with Crippen molar-refractivity contribution in [2.24, 2.45) is 0 Å². The number of anilines is 1. The molecule has 11 heteroatoms. The van der Waals surface area contributed by atoms with E-state index in [1.807, 2.05) is 30.3 Å². The molecule has 34 heavy (non-hydrogen) atoms. The number of nitrogens with zero attached hydrogens (tertiary/aromatic N) is 3. The topological polar surface area (TPSA) is 126 Å². The Morgan fingerprint density at radius 1 is 1.24 bits per heavy atom. The summed E-state index contributed by atoms with van der Waals surface area (Å²) in [5, 5.41) is 18.3. The number of nitro benzene ring substituents is 1. The fraction of sp³-hybridized carbons (Fsp3) is 0.174. The molecule has 10 nitrogen and oxygen atoms in total. The van der Waals surface area contributed by atoms with Gasteiger partial charge >= 0.3 is 5.97 Å². The smallest absolute Gasteiger partial charge is 0.331 e. The average molecular weight is 485 g/mol. The maximum atomic E-state index is 12.1. The Kier molecular flexibility index (Phi) is 7.99. The van der Waals surface area contributed by atoms with Gasteiger partial charge in [0.1, 0.15) is 16.6 Å². The zero-order chi connectivity index (χ0) is 24.7. The van der Waals surface area contributed by atoms with Gasteiger partial charge in [0, 0.05) is 11.6 Å². The Bertz CT molecular complexity index is 1240. The van der Waals surface area contributed by atoms with Crippen molar-refractivity contribution in [1.29, 1.82) is 0 Å². The number of carbonyl (C=O) groups excluding carboxylic acids is 2. The minimum Gasteiger partial charge on any atom is -0.494 e. The normalized spacial score (nSPS) is 10.8. The molecule has 1 heterocycles. The number of hydrogen-bond donors (Lipinski definition) is 1. The van der Waals surface area contributed by atoms with Gasteiger partial charge in [0.2, 0.25) is 0 Å². The first-order valence-corrected chi connectivity index (χ1v) is 10.5. The van der Waals surface area contributed by atoms with Crippen LogP contribution in [0.1, 0.15) is 18.2 Å². The summed E-state index contributed by atoms with van der Waals surface area (Å²) < 4.78 is 11.7. The number of ether oxygens (including phenoxy) is 2. The van der Waals surface area contributed by atoms with Crippen molar-refractivity contribution in [2.45, 2.75) is 13.8 Å². The second-order valence-electron chi connectivity index (χ2n) is 6.90. The van der Waals surface area contributed by atoms with Crippen molar-refractivity contribution < 1.29 is 24.0 Å². The van der Waals surface area contributed by atoms with Crippen LogP contribution < -0.4 is 10.1 Å². The van der Waals surface area contributed by atoms with Crippen molar-refractivity contribution in [3.05, 3.63) is 81.1 Å². The van der Waals surface area contributed by atoms with Crippen LogP contribution in [-0.2, 0) is 14.3 Å². The van der Waals surface area contributed by atoms with Gasteiger partial charge in [-0.3, -0.25) is 14.9 Å². The van der Waals surface area contributed by atoms with Crippen LogP contribution in [0.4, 0.5) is 11.4 Å². The Morgan fingerprint density at radius 2 is 1.97 bits per heavy atom. The number of nitrogens with one attached hydrogen (secondary N) is 1. The van der Waals surface area contributed by atoms with E-state index in [2.05, 4.69) is 10.4 Å². The maximum Gasteiger partial charge on any atom is 0.331 e. The van der Waals surface area contributed by atoms with Gasteiger partial charge in [-0.15, -0.1) is 0 Å². The highest BCUT2D eigenvalue weighted by Crippen LogP contribution is 2.29. The van der Waals surface area contributed by atoms with Crippen LogP contribution in [0.5, 0.6) is 5.75 Å². The van der Waals surface area contributed by atoms with Crippen molar-refractivity contribution in [3.8, 4) is 11.4 Å². The molecular weight excluding hydrogens is 464 g/mol. The Labute approximate surface area is 199 Å². The largest absolute Gasteiger partial charge is 0.494 e. The minimum absolute atomic E-state index is 0.0409. The van der Waals surface area contributed by atoms with Gasteiger partial charge in [-0.05, 0) is 44.2 Å². The molecule has 3 aromatic rings. The molecule has 0 unspecified atom stereocenters.